The molecular formula is C35H49N3O. The number of aromatic nitrogens is 1. The molecule has 3 atom stereocenters. The topological polar surface area (TPSA) is 37.3 Å². The maximum absolute atomic E-state index is 13.2. The number of hydrogen-bond donors (Lipinski definition) is 1. The van der Waals surface area contributed by atoms with Crippen molar-refractivity contribution in [2.24, 2.45) is 11.8 Å². The molecule has 3 aromatic rings. The Morgan fingerprint density at radius 1 is 0.949 bits per heavy atom. The third-order valence-electron chi connectivity index (χ3n) is 9.61. The average molecular weight is 528 g/mol. The summed E-state index contributed by atoms with van der Waals surface area (Å²) in [6.45, 7) is 7.39. The van der Waals surface area contributed by atoms with Crippen LogP contribution in [-0.2, 0) is 13.0 Å². The van der Waals surface area contributed by atoms with E-state index in [0.29, 0.717) is 5.92 Å². The minimum atomic E-state index is 0.0792. The lowest BCUT2D eigenvalue weighted by molar-refractivity contribution is 0.0947. The van der Waals surface area contributed by atoms with Gasteiger partial charge in [0.05, 0.1) is 5.56 Å². The number of piperidine rings is 1. The highest BCUT2D eigenvalue weighted by molar-refractivity contribution is 6.07. The predicted octanol–water partition coefficient (Wildman–Crippen LogP) is 7.85. The standard InChI is InChI=1S/C35H49N3O/c1-3-5-12-27(4-2)25-36-35(39)33-26-37(34-16-10-9-15-32(33)34)21-11-22-38-30-19-20-31(38)24-29(23-30)18-17-28-13-7-6-8-14-28/h6-10,13-16,26-27,29-31H,3-5,11-12,17-25H2,1-2H3,(H,36,39). The van der Waals surface area contributed by atoms with Crippen LogP contribution in [-0.4, -0.2) is 40.5 Å². The van der Waals surface area contributed by atoms with Gasteiger partial charge in [0.1, 0.15) is 0 Å². The predicted molar refractivity (Wildman–Crippen MR) is 163 cm³/mol. The number of nitrogens with one attached hydrogen (secondary N) is 1. The summed E-state index contributed by atoms with van der Waals surface area (Å²) in [5.41, 5.74) is 3.50. The third-order valence-corrected chi connectivity index (χ3v) is 9.61. The van der Waals surface area contributed by atoms with E-state index in [1.807, 2.05) is 0 Å². The van der Waals surface area contributed by atoms with E-state index < -0.39 is 0 Å². The van der Waals surface area contributed by atoms with Crippen molar-refractivity contribution in [1.29, 1.82) is 0 Å². The second-order valence-corrected chi connectivity index (χ2v) is 12.2. The SMILES string of the molecule is CCCCC(CC)CNC(=O)c1cn(CCCN2C3CCC2CC(CCc2ccccc2)C3)c2ccccc12. The molecule has 0 aliphatic carbocycles. The van der Waals surface area contributed by atoms with Crippen LogP contribution < -0.4 is 5.32 Å². The number of hydrogen-bond acceptors (Lipinski definition) is 2. The van der Waals surface area contributed by atoms with Gasteiger partial charge in [0.25, 0.3) is 5.91 Å². The summed E-state index contributed by atoms with van der Waals surface area (Å²) < 4.78 is 2.33. The number of carbonyl (C=O) groups is 1. The fourth-order valence-corrected chi connectivity index (χ4v) is 7.32. The Morgan fingerprint density at radius 2 is 1.69 bits per heavy atom. The number of para-hydroxylation sites is 1. The molecule has 2 aliphatic rings. The molecule has 0 saturated carbocycles. The van der Waals surface area contributed by atoms with Gasteiger partial charge in [-0.25, -0.2) is 0 Å². The molecule has 5 rings (SSSR count). The quantitative estimate of drug-likeness (QED) is 0.232. The monoisotopic (exact) mass is 527 g/mol. The molecule has 2 saturated heterocycles. The van der Waals surface area contributed by atoms with E-state index in [1.54, 1.807) is 0 Å². The first-order valence-corrected chi connectivity index (χ1v) is 15.8. The molecule has 0 radical (unpaired) electrons. The van der Waals surface area contributed by atoms with E-state index in [1.165, 1.54) is 75.4 Å². The smallest absolute Gasteiger partial charge is 0.253 e. The Bertz CT molecular complexity index is 1170. The lowest BCUT2D eigenvalue weighted by Crippen LogP contribution is -2.43. The minimum absolute atomic E-state index is 0.0792. The Balaban J connectivity index is 1.14. The second-order valence-electron chi connectivity index (χ2n) is 12.2. The number of carbonyl (C=O) groups excluding carboxylic acids is 1. The van der Waals surface area contributed by atoms with Crippen molar-refractivity contribution >= 4 is 16.8 Å². The summed E-state index contributed by atoms with van der Waals surface area (Å²) in [7, 11) is 0. The highest BCUT2D eigenvalue weighted by atomic mass is 16.1. The van der Waals surface area contributed by atoms with Gasteiger partial charge in [-0.15, -0.1) is 0 Å². The van der Waals surface area contributed by atoms with Gasteiger partial charge in [0, 0.05) is 48.8 Å². The van der Waals surface area contributed by atoms with Crippen LogP contribution in [0.5, 0.6) is 0 Å². The van der Waals surface area contributed by atoms with Crippen LogP contribution in [0.25, 0.3) is 10.9 Å². The molecule has 3 unspecified atom stereocenters. The van der Waals surface area contributed by atoms with Crippen LogP contribution in [0, 0.1) is 11.8 Å². The van der Waals surface area contributed by atoms with Gasteiger partial charge in [-0.3, -0.25) is 9.69 Å². The number of rotatable bonds is 14. The summed E-state index contributed by atoms with van der Waals surface area (Å²) in [5.74, 6) is 1.53. The number of benzene rings is 2. The van der Waals surface area contributed by atoms with Crippen molar-refractivity contribution < 1.29 is 4.79 Å². The van der Waals surface area contributed by atoms with Crippen LogP contribution >= 0.6 is 0 Å². The maximum Gasteiger partial charge on any atom is 0.253 e. The average Bonchev–Trinajstić information content (AvgIpc) is 3.45. The molecule has 0 spiro atoms. The first-order chi connectivity index (χ1) is 19.2. The van der Waals surface area contributed by atoms with E-state index in [-0.39, 0.29) is 5.91 Å². The van der Waals surface area contributed by atoms with Crippen molar-refractivity contribution in [3.8, 4) is 0 Å². The van der Waals surface area contributed by atoms with E-state index >= 15 is 0 Å². The molecule has 4 heteroatoms. The largest absolute Gasteiger partial charge is 0.352 e. The molecule has 210 valence electrons. The summed E-state index contributed by atoms with van der Waals surface area (Å²) in [6.07, 6.45) is 16.1. The maximum atomic E-state index is 13.2. The second kappa shape index (κ2) is 13.7. The van der Waals surface area contributed by atoms with Gasteiger partial charge in [0.2, 0.25) is 0 Å². The molecule has 2 aliphatic heterocycles. The first kappa shape index (κ1) is 28.0. The Labute approximate surface area is 236 Å². The summed E-state index contributed by atoms with van der Waals surface area (Å²) >= 11 is 0. The van der Waals surface area contributed by atoms with E-state index in [4.69, 9.17) is 0 Å². The molecule has 3 heterocycles. The molecule has 2 fully saturated rings. The Hall–Kier alpha value is -2.59. The summed E-state index contributed by atoms with van der Waals surface area (Å²) in [5, 5.41) is 4.34. The fraction of sp³-hybridized carbons (Fsp3) is 0.571. The number of unbranched alkanes of at least 4 members (excludes halogenated alkanes) is 1. The van der Waals surface area contributed by atoms with Crippen LogP contribution in [0.3, 0.4) is 0 Å². The number of amides is 1. The van der Waals surface area contributed by atoms with Gasteiger partial charge < -0.3 is 9.88 Å². The number of nitrogens with zero attached hydrogens (tertiary/aromatic N) is 2. The van der Waals surface area contributed by atoms with Gasteiger partial charge in [0.15, 0.2) is 0 Å². The molecule has 1 N–H and O–H groups in total. The Morgan fingerprint density at radius 3 is 2.44 bits per heavy atom. The molecule has 1 amide bonds. The van der Waals surface area contributed by atoms with Crippen LogP contribution in [0.4, 0.5) is 0 Å². The highest BCUT2D eigenvalue weighted by Gasteiger charge is 2.39. The minimum Gasteiger partial charge on any atom is -0.352 e. The van der Waals surface area contributed by atoms with Crippen molar-refractivity contribution in [1.82, 2.24) is 14.8 Å². The summed E-state index contributed by atoms with van der Waals surface area (Å²) in [6, 6.07) is 21.0. The van der Waals surface area contributed by atoms with E-state index in [0.717, 1.165) is 54.9 Å². The normalized spacial score (nSPS) is 21.8. The van der Waals surface area contributed by atoms with Crippen molar-refractivity contribution in [2.45, 2.75) is 103 Å². The third kappa shape index (κ3) is 6.95. The molecular weight excluding hydrogens is 478 g/mol. The lowest BCUT2D eigenvalue weighted by atomic mass is 9.86. The lowest BCUT2D eigenvalue weighted by Gasteiger charge is -2.39. The molecule has 39 heavy (non-hydrogen) atoms. The van der Waals surface area contributed by atoms with Gasteiger partial charge in [-0.1, -0.05) is 81.6 Å². The van der Waals surface area contributed by atoms with Crippen molar-refractivity contribution in [3.63, 3.8) is 0 Å². The summed E-state index contributed by atoms with van der Waals surface area (Å²) in [4.78, 5) is 16.1. The zero-order chi connectivity index (χ0) is 27.0. The number of fused-ring (bicyclic) bond motifs is 3. The Kier molecular flexibility index (Phi) is 9.79. The van der Waals surface area contributed by atoms with Crippen molar-refractivity contribution in [3.05, 3.63) is 71.9 Å². The van der Waals surface area contributed by atoms with Crippen LogP contribution in [0.15, 0.2) is 60.8 Å². The van der Waals surface area contributed by atoms with Gasteiger partial charge in [-0.05, 0) is 74.8 Å². The first-order valence-electron chi connectivity index (χ1n) is 15.8. The van der Waals surface area contributed by atoms with Crippen molar-refractivity contribution in [2.75, 3.05) is 13.1 Å². The molecule has 2 aromatic carbocycles. The molecule has 4 nitrogen and oxygen atoms in total. The van der Waals surface area contributed by atoms with Crippen LogP contribution in [0.1, 0.15) is 94.0 Å². The highest BCUT2D eigenvalue weighted by Crippen LogP contribution is 2.40. The molecule has 2 bridgehead atoms. The molecule has 1 aromatic heterocycles. The fourth-order valence-electron chi connectivity index (χ4n) is 7.32. The van der Waals surface area contributed by atoms with E-state index in [9.17, 15) is 4.79 Å². The zero-order valence-corrected chi connectivity index (χ0v) is 24.3. The van der Waals surface area contributed by atoms with Gasteiger partial charge >= 0.3 is 0 Å². The zero-order valence-electron chi connectivity index (χ0n) is 24.3. The van der Waals surface area contributed by atoms with Crippen LogP contribution in [0.2, 0.25) is 0 Å². The number of aryl methyl sites for hydroxylation is 2. The van der Waals surface area contributed by atoms with E-state index in [2.05, 4.69) is 89.4 Å². The van der Waals surface area contributed by atoms with Gasteiger partial charge in [-0.2, -0.15) is 0 Å².